The first-order valence-corrected chi connectivity index (χ1v) is 11.3. The molecular weight excluding hydrogens is 517 g/mol. The number of nitrogens with zero attached hydrogens (tertiary/aromatic N) is 6. The summed E-state index contributed by atoms with van der Waals surface area (Å²) < 4.78 is 7.28. The molecule has 8 nitrogen and oxygen atoms in total. The molecule has 0 aliphatic carbocycles. The minimum absolute atomic E-state index is 0. The van der Waals surface area contributed by atoms with Gasteiger partial charge in [-0.05, 0) is 50.0 Å². The van der Waals surface area contributed by atoms with Crippen LogP contribution in [0.1, 0.15) is 37.5 Å². The van der Waals surface area contributed by atoms with Gasteiger partial charge in [0.25, 0.3) is 0 Å². The first-order chi connectivity index (χ1) is 15.0. The van der Waals surface area contributed by atoms with Gasteiger partial charge in [-0.2, -0.15) is 0 Å². The molecule has 178 valence electrons. The van der Waals surface area contributed by atoms with E-state index < -0.39 is 0 Å². The fourth-order valence-electron chi connectivity index (χ4n) is 3.95. The second kappa shape index (κ2) is 13.0. The number of aromatic nitrogens is 3. The van der Waals surface area contributed by atoms with Gasteiger partial charge in [-0.15, -0.1) is 34.2 Å². The van der Waals surface area contributed by atoms with Crippen molar-refractivity contribution in [2.45, 2.75) is 40.3 Å². The Hall–Kier alpha value is -1.88. The monoisotopic (exact) mass is 555 g/mol. The van der Waals surface area contributed by atoms with Crippen LogP contribution in [-0.2, 0) is 20.1 Å². The third-order valence-electron chi connectivity index (χ3n) is 6.15. The van der Waals surface area contributed by atoms with E-state index in [9.17, 15) is 0 Å². The number of likely N-dealkylation sites (tertiary alicyclic amines) is 1. The molecule has 0 radical (unpaired) electrons. The summed E-state index contributed by atoms with van der Waals surface area (Å²) in [6, 6.07) is 8.10. The molecule has 2 aromatic rings. The number of nitrogens with one attached hydrogen (secondary N) is 1. The van der Waals surface area contributed by atoms with Crippen molar-refractivity contribution in [3.05, 3.63) is 41.5 Å². The van der Waals surface area contributed by atoms with E-state index in [1.54, 1.807) is 7.11 Å². The summed E-state index contributed by atoms with van der Waals surface area (Å²) in [6.07, 6.45) is 1.20. The predicted octanol–water partition coefficient (Wildman–Crippen LogP) is 3.06. The van der Waals surface area contributed by atoms with Gasteiger partial charge in [0.2, 0.25) is 0 Å². The molecule has 0 spiro atoms. The van der Waals surface area contributed by atoms with Gasteiger partial charge < -0.3 is 24.4 Å². The van der Waals surface area contributed by atoms with Gasteiger partial charge in [-0.3, -0.25) is 0 Å². The number of halogens is 1. The molecule has 1 unspecified atom stereocenters. The largest absolute Gasteiger partial charge is 0.497 e. The molecule has 9 heteroatoms. The third kappa shape index (κ3) is 7.06. The van der Waals surface area contributed by atoms with Crippen LogP contribution in [0.15, 0.2) is 29.3 Å². The third-order valence-corrected chi connectivity index (χ3v) is 6.15. The molecule has 1 fully saturated rings. The van der Waals surface area contributed by atoms with Crippen LogP contribution in [0.2, 0.25) is 0 Å². The van der Waals surface area contributed by atoms with Gasteiger partial charge >= 0.3 is 0 Å². The molecule has 1 atom stereocenters. The number of ether oxygens (including phenoxy) is 1. The van der Waals surface area contributed by atoms with Crippen molar-refractivity contribution in [2.24, 2.45) is 18.0 Å². The lowest BCUT2D eigenvalue weighted by atomic mass is 10.1. The SMILES string of the molecule is CCN(CC)CC1CCN(C(=NCc2ccc(OC)cc2)NCc2nnc(C)n2C)C1.I. The summed E-state index contributed by atoms with van der Waals surface area (Å²) in [5.74, 6) is 4.30. The van der Waals surface area contributed by atoms with Crippen molar-refractivity contribution in [3.8, 4) is 5.75 Å². The lowest BCUT2D eigenvalue weighted by molar-refractivity contribution is 0.255. The van der Waals surface area contributed by atoms with Crippen molar-refractivity contribution >= 4 is 29.9 Å². The van der Waals surface area contributed by atoms with Crippen molar-refractivity contribution in [2.75, 3.05) is 39.8 Å². The number of aliphatic imine (C=N–C) groups is 1. The molecule has 1 saturated heterocycles. The van der Waals surface area contributed by atoms with Gasteiger partial charge in [0.15, 0.2) is 11.8 Å². The minimum Gasteiger partial charge on any atom is -0.497 e. The second-order valence-electron chi connectivity index (χ2n) is 8.15. The maximum atomic E-state index is 5.26. The molecule has 0 amide bonds. The average Bonchev–Trinajstić information content (AvgIpc) is 3.39. The Morgan fingerprint density at radius 2 is 1.94 bits per heavy atom. The van der Waals surface area contributed by atoms with Gasteiger partial charge in [-0.1, -0.05) is 26.0 Å². The number of hydrogen-bond acceptors (Lipinski definition) is 5. The molecule has 3 rings (SSSR count). The van der Waals surface area contributed by atoms with Crippen LogP contribution >= 0.6 is 24.0 Å². The average molecular weight is 556 g/mol. The first kappa shape index (κ1) is 26.4. The number of guanidine groups is 1. The van der Waals surface area contributed by atoms with Crippen LogP contribution in [-0.4, -0.2) is 70.4 Å². The van der Waals surface area contributed by atoms with Crippen molar-refractivity contribution in [3.63, 3.8) is 0 Å². The summed E-state index contributed by atoms with van der Waals surface area (Å²) in [4.78, 5) is 9.86. The zero-order valence-electron chi connectivity index (χ0n) is 20.0. The summed E-state index contributed by atoms with van der Waals surface area (Å²) in [7, 11) is 3.68. The minimum atomic E-state index is 0. The van der Waals surface area contributed by atoms with Crippen molar-refractivity contribution in [1.82, 2.24) is 29.9 Å². The fraction of sp³-hybridized carbons (Fsp3) is 0.609. The van der Waals surface area contributed by atoms with E-state index in [2.05, 4.69) is 51.3 Å². The highest BCUT2D eigenvalue weighted by Gasteiger charge is 2.26. The van der Waals surface area contributed by atoms with Gasteiger partial charge in [-0.25, -0.2) is 4.99 Å². The number of rotatable bonds is 9. The lowest BCUT2D eigenvalue weighted by Gasteiger charge is -2.24. The molecular formula is C23H38IN7O. The van der Waals surface area contributed by atoms with Crippen molar-refractivity contribution < 1.29 is 4.74 Å². The molecule has 1 N–H and O–H groups in total. The number of hydrogen-bond donors (Lipinski definition) is 1. The Morgan fingerprint density at radius 3 is 2.53 bits per heavy atom. The smallest absolute Gasteiger partial charge is 0.194 e. The van der Waals surface area contributed by atoms with Gasteiger partial charge in [0.1, 0.15) is 11.6 Å². The van der Waals surface area contributed by atoms with Crippen molar-refractivity contribution in [1.29, 1.82) is 0 Å². The summed E-state index contributed by atoms with van der Waals surface area (Å²) in [5.41, 5.74) is 1.16. The van der Waals surface area contributed by atoms with Crippen LogP contribution in [0.3, 0.4) is 0 Å². The Balaban J connectivity index is 0.00000363. The highest BCUT2D eigenvalue weighted by atomic mass is 127. The summed E-state index contributed by atoms with van der Waals surface area (Å²) in [6.45, 7) is 13.1. The summed E-state index contributed by atoms with van der Waals surface area (Å²) in [5, 5.41) is 12.0. The van der Waals surface area contributed by atoms with E-state index in [1.807, 2.05) is 30.7 Å². The first-order valence-electron chi connectivity index (χ1n) is 11.3. The molecule has 1 aliphatic heterocycles. The van der Waals surface area contributed by atoms with E-state index in [1.165, 1.54) is 6.42 Å². The Labute approximate surface area is 209 Å². The number of aryl methyl sites for hydroxylation is 1. The van der Waals surface area contributed by atoms with Crippen LogP contribution in [0.25, 0.3) is 0 Å². The quantitative estimate of drug-likeness (QED) is 0.292. The van der Waals surface area contributed by atoms with E-state index in [-0.39, 0.29) is 24.0 Å². The van der Waals surface area contributed by atoms with Crippen LogP contribution in [0.4, 0.5) is 0 Å². The Kier molecular flexibility index (Phi) is 10.7. The van der Waals surface area contributed by atoms with Crippen LogP contribution in [0.5, 0.6) is 5.75 Å². The van der Waals surface area contributed by atoms with E-state index in [4.69, 9.17) is 9.73 Å². The second-order valence-corrected chi connectivity index (χ2v) is 8.15. The molecule has 1 aliphatic rings. The number of benzene rings is 1. The highest BCUT2D eigenvalue weighted by molar-refractivity contribution is 14.0. The zero-order chi connectivity index (χ0) is 22.2. The standard InChI is InChI=1S/C23H37N7O.HI/c1-6-29(7-2)16-20-12-13-30(17-20)23(25-15-22-27-26-18(3)28(22)4)24-14-19-8-10-21(31-5)11-9-19;/h8-11,20H,6-7,12-17H2,1-5H3,(H,24,25);1H. The van der Waals surface area contributed by atoms with Gasteiger partial charge in [0.05, 0.1) is 20.2 Å². The highest BCUT2D eigenvalue weighted by Crippen LogP contribution is 2.18. The molecule has 1 aromatic carbocycles. The van der Waals surface area contributed by atoms with Crippen LogP contribution < -0.4 is 10.1 Å². The van der Waals surface area contributed by atoms with Crippen LogP contribution in [0, 0.1) is 12.8 Å². The lowest BCUT2D eigenvalue weighted by Crippen LogP contribution is -2.41. The molecule has 2 heterocycles. The predicted molar refractivity (Wildman–Crippen MR) is 140 cm³/mol. The molecule has 0 bridgehead atoms. The molecule has 32 heavy (non-hydrogen) atoms. The Morgan fingerprint density at radius 1 is 1.22 bits per heavy atom. The zero-order valence-corrected chi connectivity index (χ0v) is 22.4. The molecule has 1 aromatic heterocycles. The van der Waals surface area contributed by atoms with E-state index in [0.717, 1.165) is 61.6 Å². The van der Waals surface area contributed by atoms with Gasteiger partial charge in [0, 0.05) is 26.7 Å². The fourth-order valence-corrected chi connectivity index (χ4v) is 3.95. The molecule has 0 saturated carbocycles. The number of methoxy groups -OCH3 is 1. The van der Waals surface area contributed by atoms with E-state index >= 15 is 0 Å². The normalized spacial score (nSPS) is 16.4. The Bertz CT molecular complexity index is 849. The van der Waals surface area contributed by atoms with E-state index in [0.29, 0.717) is 19.0 Å². The maximum absolute atomic E-state index is 5.26. The topological polar surface area (TPSA) is 70.8 Å². The maximum Gasteiger partial charge on any atom is 0.194 e. The summed E-state index contributed by atoms with van der Waals surface area (Å²) >= 11 is 0.